The van der Waals surface area contributed by atoms with Crippen molar-refractivity contribution >= 4 is 56.8 Å². The predicted octanol–water partition coefficient (Wildman–Crippen LogP) is 7.49. The molecule has 2 atom stereocenters. The van der Waals surface area contributed by atoms with E-state index in [0.717, 1.165) is 75.0 Å². The van der Waals surface area contributed by atoms with Crippen molar-refractivity contribution in [3.8, 4) is 5.75 Å². The number of rotatable bonds is 8. The number of imide groups is 1. The Balaban J connectivity index is 0.686. The maximum atomic E-state index is 15.3. The number of aromatic nitrogens is 5. The number of nitrogens with one attached hydrogen (secondary N) is 3. The van der Waals surface area contributed by atoms with Crippen molar-refractivity contribution in [2.45, 2.75) is 101 Å². The van der Waals surface area contributed by atoms with Crippen molar-refractivity contribution in [3.05, 3.63) is 70.0 Å². The zero-order chi connectivity index (χ0) is 45.5. The van der Waals surface area contributed by atoms with Gasteiger partial charge in [-0.15, -0.1) is 0 Å². The molecule has 1 unspecified atom stereocenters. The number of nitrogens with zero attached hydrogens (tertiary/aromatic N) is 7. The maximum absolute atomic E-state index is 15.3. The highest BCUT2D eigenvalue weighted by Gasteiger charge is 2.51. The molecule has 5 aromatic rings. The van der Waals surface area contributed by atoms with E-state index < -0.39 is 35.9 Å². The van der Waals surface area contributed by atoms with Crippen LogP contribution in [-0.4, -0.2) is 92.3 Å². The van der Waals surface area contributed by atoms with Gasteiger partial charge >= 0.3 is 5.92 Å². The van der Waals surface area contributed by atoms with Crippen LogP contribution in [0.3, 0.4) is 0 Å². The van der Waals surface area contributed by atoms with E-state index in [1.54, 1.807) is 25.2 Å². The molecule has 11 rings (SSSR count). The molecule has 7 heterocycles. The Kier molecular flexibility index (Phi) is 10.8. The number of amides is 2. The highest BCUT2D eigenvalue weighted by molar-refractivity contribution is 6.02. The lowest BCUT2D eigenvalue weighted by Crippen LogP contribution is -2.44. The van der Waals surface area contributed by atoms with E-state index in [4.69, 9.17) is 9.84 Å². The molecule has 348 valence electrons. The summed E-state index contributed by atoms with van der Waals surface area (Å²) < 4.78 is 54.5. The first-order valence-electron chi connectivity index (χ1n) is 23.8. The molecule has 66 heavy (non-hydrogen) atoms. The summed E-state index contributed by atoms with van der Waals surface area (Å²) in [6, 6.07) is 10.6. The first-order chi connectivity index (χ1) is 31.8. The largest absolute Gasteiger partial charge is 0.480 e. The number of likely N-dealkylation sites (tertiary alicyclic amines) is 1. The lowest BCUT2D eigenvalue weighted by molar-refractivity contribution is -0.134. The molecule has 0 bridgehead atoms. The van der Waals surface area contributed by atoms with Gasteiger partial charge in [-0.25, -0.2) is 18.2 Å². The number of hydrogen-bond donors (Lipinski definition) is 3. The third kappa shape index (κ3) is 7.93. The Bertz CT molecular complexity index is 2780. The fourth-order valence-electron chi connectivity index (χ4n) is 11.8. The molecule has 3 saturated heterocycles. The number of aryl methyl sites for hydroxylation is 2. The van der Waals surface area contributed by atoms with Gasteiger partial charge in [0.25, 0.3) is 5.56 Å². The van der Waals surface area contributed by atoms with Crippen molar-refractivity contribution in [2.24, 2.45) is 31.3 Å². The molecule has 0 radical (unpaired) electrons. The molecule has 2 saturated carbocycles. The fourth-order valence-corrected chi connectivity index (χ4v) is 11.8. The molecular formula is C49H57F3N10O4. The smallest absolute Gasteiger partial charge is 0.301 e. The molecule has 3 N–H and O–H groups in total. The van der Waals surface area contributed by atoms with Gasteiger partial charge in [0, 0.05) is 56.6 Å². The minimum Gasteiger partial charge on any atom is -0.480 e. The Morgan fingerprint density at radius 2 is 1.65 bits per heavy atom. The first kappa shape index (κ1) is 42.9. The average molecular weight is 907 g/mol. The minimum absolute atomic E-state index is 0.0155. The lowest BCUT2D eigenvalue weighted by Gasteiger charge is -2.47. The lowest BCUT2D eigenvalue weighted by atomic mass is 9.65. The maximum Gasteiger partial charge on any atom is 0.301 e. The van der Waals surface area contributed by atoms with Crippen LogP contribution in [0.2, 0.25) is 0 Å². The van der Waals surface area contributed by atoms with Gasteiger partial charge in [0.15, 0.2) is 18.2 Å². The van der Waals surface area contributed by atoms with Crippen LogP contribution in [0, 0.1) is 23.1 Å². The Labute approximate surface area is 380 Å². The summed E-state index contributed by atoms with van der Waals surface area (Å²) in [6.07, 6.45) is 12.5. The van der Waals surface area contributed by atoms with Crippen LogP contribution in [0.5, 0.6) is 5.75 Å². The van der Waals surface area contributed by atoms with E-state index in [1.807, 2.05) is 11.7 Å². The number of anilines is 4. The molecule has 17 heteroatoms. The van der Waals surface area contributed by atoms with E-state index >= 15 is 13.2 Å². The normalized spacial score (nSPS) is 23.9. The molecule has 4 aliphatic heterocycles. The molecule has 14 nitrogen and oxygen atoms in total. The van der Waals surface area contributed by atoms with Crippen LogP contribution in [0.1, 0.15) is 100 Å². The van der Waals surface area contributed by atoms with E-state index in [-0.39, 0.29) is 35.0 Å². The van der Waals surface area contributed by atoms with E-state index in [1.165, 1.54) is 42.0 Å². The number of ether oxygens (including phenoxy) is 1. The van der Waals surface area contributed by atoms with Crippen molar-refractivity contribution in [1.82, 2.24) is 34.5 Å². The second-order valence-electron chi connectivity index (χ2n) is 20.1. The van der Waals surface area contributed by atoms with Crippen molar-refractivity contribution < 1.29 is 27.5 Å². The van der Waals surface area contributed by atoms with E-state index in [0.29, 0.717) is 65.5 Å². The number of alkyl halides is 2. The van der Waals surface area contributed by atoms with Crippen molar-refractivity contribution in [3.63, 3.8) is 0 Å². The monoisotopic (exact) mass is 906 g/mol. The standard InChI is InChI=1S/C49H57F3N10O4/c1-59-37-9-6-32(24-35(37)41-42(46(59)65)66-27-49(51,52)43(56-41)30-3-4-30)54-44-36(50)25-53-47(57-44)62-21-17-48(18-22-62)15-11-28(12-16-48)26-61-19-13-29(14-20-61)31-5-7-33-38(23-31)60(2)58-40(33)34-8-10-39(63)55-45(34)64/h5-7,9,23-25,28-30,34,43,56H,3-4,8,10-22,26-27H2,1-2H3,(H,53,54,57)(H,55,63,64)/t34?,43-/m0/s1. The van der Waals surface area contributed by atoms with Crippen molar-refractivity contribution in [1.29, 1.82) is 0 Å². The number of benzene rings is 2. The summed E-state index contributed by atoms with van der Waals surface area (Å²) in [5.74, 6) is -3.35. The van der Waals surface area contributed by atoms with E-state index in [9.17, 15) is 14.4 Å². The summed E-state index contributed by atoms with van der Waals surface area (Å²) in [6.45, 7) is 4.01. The number of halogens is 3. The van der Waals surface area contributed by atoms with E-state index in [2.05, 4.69) is 53.9 Å². The highest BCUT2D eigenvalue weighted by Crippen LogP contribution is 2.48. The van der Waals surface area contributed by atoms with Crippen molar-refractivity contribution in [2.75, 3.05) is 54.9 Å². The minimum atomic E-state index is -3.15. The summed E-state index contributed by atoms with van der Waals surface area (Å²) in [7, 11) is 3.51. The molecular weight excluding hydrogens is 850 g/mol. The summed E-state index contributed by atoms with van der Waals surface area (Å²) in [5.41, 5.74) is 4.15. The predicted molar refractivity (Wildman–Crippen MR) is 245 cm³/mol. The molecule has 1 spiro atoms. The van der Waals surface area contributed by atoms with Crippen LogP contribution >= 0.6 is 0 Å². The van der Waals surface area contributed by atoms with Gasteiger partial charge in [-0.1, -0.05) is 12.1 Å². The second kappa shape index (κ2) is 16.6. The summed E-state index contributed by atoms with van der Waals surface area (Å²) >= 11 is 0. The van der Waals surface area contributed by atoms with Crippen LogP contribution in [0.15, 0.2) is 47.4 Å². The van der Waals surface area contributed by atoms with Gasteiger partial charge in [0.1, 0.15) is 0 Å². The molecule has 3 aromatic heterocycles. The zero-order valence-electron chi connectivity index (χ0n) is 37.6. The van der Waals surface area contributed by atoms with Crippen LogP contribution in [-0.2, 0) is 23.7 Å². The number of piperidine rings is 3. The average Bonchev–Trinajstić information content (AvgIpc) is 4.12. The van der Waals surface area contributed by atoms with Gasteiger partial charge in [-0.05, 0) is 137 Å². The van der Waals surface area contributed by atoms with Crippen LogP contribution in [0.4, 0.5) is 36.3 Å². The number of hydrogen-bond acceptors (Lipinski definition) is 11. The fraction of sp³-hybridized carbons (Fsp3) is 0.551. The number of carbonyl (C=O) groups is 2. The molecule has 6 aliphatic rings. The first-order valence-corrected chi connectivity index (χ1v) is 23.8. The number of pyridine rings is 1. The summed E-state index contributed by atoms with van der Waals surface area (Å²) in [4.78, 5) is 51.4. The van der Waals surface area contributed by atoms with Gasteiger partial charge < -0.3 is 29.7 Å². The molecule has 2 aromatic carbocycles. The quantitative estimate of drug-likeness (QED) is 0.133. The highest BCUT2D eigenvalue weighted by atomic mass is 19.3. The molecule has 2 amide bonds. The topological polar surface area (TPSA) is 152 Å². The van der Waals surface area contributed by atoms with Gasteiger partial charge in [-0.2, -0.15) is 10.1 Å². The molecule has 2 aliphatic carbocycles. The third-order valence-electron chi connectivity index (χ3n) is 15.9. The number of fused-ring (bicyclic) bond motifs is 4. The van der Waals surface area contributed by atoms with Crippen LogP contribution < -0.4 is 31.1 Å². The Morgan fingerprint density at radius 3 is 2.39 bits per heavy atom. The number of carbonyl (C=O) groups excluding carboxylic acids is 2. The Hall–Kier alpha value is -5.71. The van der Waals surface area contributed by atoms with Gasteiger partial charge in [0.05, 0.1) is 40.6 Å². The van der Waals surface area contributed by atoms with Gasteiger partial charge in [-0.3, -0.25) is 24.4 Å². The third-order valence-corrected chi connectivity index (χ3v) is 15.9. The van der Waals surface area contributed by atoms with Gasteiger partial charge in [0.2, 0.25) is 23.5 Å². The second-order valence-corrected chi connectivity index (χ2v) is 20.1. The summed E-state index contributed by atoms with van der Waals surface area (Å²) in [5, 5.41) is 14.8. The zero-order valence-corrected chi connectivity index (χ0v) is 37.6. The Morgan fingerprint density at radius 1 is 0.879 bits per heavy atom. The molecule has 5 fully saturated rings. The SMILES string of the molecule is Cn1nc(C2CCC(=O)NC2=O)c2ccc(C3CCN(CC4CCC5(CC4)CCN(c4ncc(F)c(Nc6ccc7c(c6)c6c(c(=O)n7C)OCC(F)(F)[C@H](C7CC7)N6)n4)CC5)CC3)cc21. The van der Waals surface area contributed by atoms with Crippen LogP contribution in [0.25, 0.3) is 21.8 Å².